The average molecular weight is 347 g/mol. The maximum atomic E-state index is 10.3. The zero-order valence-electron chi connectivity index (χ0n) is 16.6. The molecule has 0 aliphatic carbocycles. The first-order valence-corrected chi connectivity index (χ1v) is 8.56. The fraction of sp³-hybridized carbons (Fsp3) is 0.833. The topological polar surface area (TPSA) is 95.5 Å². The van der Waals surface area contributed by atoms with Crippen LogP contribution < -0.4 is 10.6 Å². The predicted molar refractivity (Wildman–Crippen MR) is 99.0 cm³/mol. The van der Waals surface area contributed by atoms with Crippen LogP contribution in [0.2, 0.25) is 0 Å². The average Bonchev–Trinajstić information content (AvgIpc) is 2.44. The molecule has 0 saturated heterocycles. The maximum absolute atomic E-state index is 10.3. The highest BCUT2D eigenvalue weighted by Crippen LogP contribution is 2.02. The van der Waals surface area contributed by atoms with E-state index >= 15 is 0 Å². The number of carbonyl (C=O) groups is 3. The molecule has 0 saturated carbocycles. The number of amides is 1. The smallest absolute Gasteiger partial charge is 0.326 e. The molecule has 144 valence electrons. The van der Waals surface area contributed by atoms with Crippen LogP contribution in [0.3, 0.4) is 0 Å². The number of hydrogen-bond donors (Lipinski definition) is 3. The van der Waals surface area contributed by atoms with E-state index in [1.54, 1.807) is 13.8 Å². The summed E-state index contributed by atoms with van der Waals surface area (Å²) in [4.78, 5) is 29.8. The van der Waals surface area contributed by atoms with Gasteiger partial charge in [-0.3, -0.25) is 4.79 Å². The van der Waals surface area contributed by atoms with Crippen LogP contribution in [0.25, 0.3) is 0 Å². The van der Waals surface area contributed by atoms with Crippen molar-refractivity contribution >= 4 is 18.7 Å². The summed E-state index contributed by atoms with van der Waals surface area (Å²) in [6.07, 6.45) is 3.32. The Kier molecular flexibility index (Phi) is 20.5. The molecule has 0 aliphatic heterocycles. The van der Waals surface area contributed by atoms with E-state index in [2.05, 4.69) is 31.4 Å². The van der Waals surface area contributed by atoms with Gasteiger partial charge < -0.3 is 20.5 Å². The highest BCUT2D eigenvalue weighted by molar-refractivity contribution is 5.76. The SMILES string of the molecule is CC(C)C(NC=O)C(=O)O.CC(C)CC=O.CNC(C)CC(C)C. The van der Waals surface area contributed by atoms with Gasteiger partial charge in [-0.15, -0.1) is 0 Å². The molecule has 0 aromatic heterocycles. The summed E-state index contributed by atoms with van der Waals surface area (Å²) in [6.45, 7) is 14.2. The zero-order chi connectivity index (χ0) is 19.7. The summed E-state index contributed by atoms with van der Waals surface area (Å²) in [5, 5.41) is 13.9. The standard InChI is InChI=1S/C7H17N.C6H11NO3.C5H10O/c1-6(2)5-7(3)8-4;1-4(2)5(6(9)10)7-3-8;1-5(2)3-4-6/h6-8H,5H2,1-4H3;3-5H,1-2H3,(H,7,8)(H,9,10);4-5H,3H2,1-2H3. The summed E-state index contributed by atoms with van der Waals surface area (Å²) >= 11 is 0. The first-order valence-electron chi connectivity index (χ1n) is 8.56. The highest BCUT2D eigenvalue weighted by atomic mass is 16.4. The number of carbonyl (C=O) groups excluding carboxylic acids is 2. The van der Waals surface area contributed by atoms with Gasteiger partial charge in [0.2, 0.25) is 6.41 Å². The van der Waals surface area contributed by atoms with Crippen molar-refractivity contribution in [2.24, 2.45) is 17.8 Å². The van der Waals surface area contributed by atoms with Crippen LogP contribution in [0, 0.1) is 17.8 Å². The Morgan fingerprint density at radius 3 is 1.58 bits per heavy atom. The first-order chi connectivity index (χ1) is 11.0. The molecule has 2 unspecified atom stereocenters. The molecule has 0 spiro atoms. The molecule has 6 nitrogen and oxygen atoms in total. The summed E-state index contributed by atoms with van der Waals surface area (Å²) in [5.74, 6) is 0.268. The van der Waals surface area contributed by atoms with Gasteiger partial charge in [-0.2, -0.15) is 0 Å². The third-order valence-electron chi connectivity index (χ3n) is 3.07. The Bertz CT molecular complexity index is 318. The fourth-order valence-corrected chi connectivity index (χ4v) is 1.64. The number of carboxylic acids is 1. The van der Waals surface area contributed by atoms with Crippen molar-refractivity contribution in [3.8, 4) is 0 Å². The predicted octanol–water partition coefficient (Wildman–Crippen LogP) is 2.71. The normalized spacial score (nSPS) is 12.5. The summed E-state index contributed by atoms with van der Waals surface area (Å²) in [6, 6.07) is -0.0903. The van der Waals surface area contributed by atoms with Gasteiger partial charge >= 0.3 is 5.97 Å². The molecular weight excluding hydrogens is 308 g/mol. The second-order valence-electron chi connectivity index (χ2n) is 6.96. The number of aliphatic carboxylic acids is 1. The Hall–Kier alpha value is -1.43. The molecule has 24 heavy (non-hydrogen) atoms. The van der Waals surface area contributed by atoms with Crippen LogP contribution in [-0.2, 0) is 14.4 Å². The van der Waals surface area contributed by atoms with Crippen molar-refractivity contribution in [3.05, 3.63) is 0 Å². The van der Waals surface area contributed by atoms with Gasteiger partial charge in [0.05, 0.1) is 0 Å². The van der Waals surface area contributed by atoms with E-state index in [1.165, 1.54) is 6.42 Å². The lowest BCUT2D eigenvalue weighted by Crippen LogP contribution is -2.39. The van der Waals surface area contributed by atoms with E-state index in [1.807, 2.05) is 20.9 Å². The van der Waals surface area contributed by atoms with E-state index in [-0.39, 0.29) is 5.92 Å². The fourth-order valence-electron chi connectivity index (χ4n) is 1.64. The molecule has 0 rings (SSSR count). The summed E-state index contributed by atoms with van der Waals surface area (Å²) < 4.78 is 0. The monoisotopic (exact) mass is 346 g/mol. The van der Waals surface area contributed by atoms with Crippen molar-refractivity contribution in [3.63, 3.8) is 0 Å². The van der Waals surface area contributed by atoms with Gasteiger partial charge in [0.15, 0.2) is 0 Å². The third-order valence-corrected chi connectivity index (χ3v) is 3.07. The van der Waals surface area contributed by atoms with E-state index in [9.17, 15) is 14.4 Å². The Balaban J connectivity index is -0.000000285. The number of hydrogen-bond acceptors (Lipinski definition) is 4. The van der Waals surface area contributed by atoms with Crippen molar-refractivity contribution < 1.29 is 19.5 Å². The minimum absolute atomic E-state index is 0.0808. The Morgan fingerprint density at radius 1 is 1.00 bits per heavy atom. The van der Waals surface area contributed by atoms with Crippen LogP contribution in [0.4, 0.5) is 0 Å². The molecule has 0 aromatic rings. The number of rotatable bonds is 9. The lowest BCUT2D eigenvalue weighted by molar-refractivity contribution is -0.141. The molecule has 1 amide bonds. The van der Waals surface area contributed by atoms with E-state index in [0.29, 0.717) is 24.8 Å². The van der Waals surface area contributed by atoms with Gasteiger partial charge in [-0.05, 0) is 38.1 Å². The van der Waals surface area contributed by atoms with Crippen LogP contribution in [0.1, 0.15) is 61.3 Å². The van der Waals surface area contributed by atoms with E-state index in [4.69, 9.17) is 5.11 Å². The second-order valence-corrected chi connectivity index (χ2v) is 6.96. The van der Waals surface area contributed by atoms with Crippen molar-refractivity contribution in [2.75, 3.05) is 7.05 Å². The van der Waals surface area contributed by atoms with Gasteiger partial charge in [0, 0.05) is 12.5 Å². The molecule has 2 atom stereocenters. The van der Waals surface area contributed by atoms with Crippen molar-refractivity contribution in [1.29, 1.82) is 0 Å². The first kappa shape index (κ1) is 27.4. The lowest BCUT2D eigenvalue weighted by Gasteiger charge is -2.13. The Morgan fingerprint density at radius 2 is 1.50 bits per heavy atom. The second kappa shape index (κ2) is 17.9. The molecule has 0 heterocycles. The lowest BCUT2D eigenvalue weighted by atomic mass is 10.1. The van der Waals surface area contributed by atoms with E-state index < -0.39 is 12.0 Å². The molecule has 6 heteroatoms. The number of carboxylic acid groups (broad SMARTS) is 1. The van der Waals surface area contributed by atoms with Crippen LogP contribution in [0.15, 0.2) is 0 Å². The molecular formula is C18H38N2O4. The Labute approximate surface area is 147 Å². The van der Waals surface area contributed by atoms with Gasteiger partial charge in [0.25, 0.3) is 0 Å². The molecule has 3 N–H and O–H groups in total. The molecule has 0 radical (unpaired) electrons. The summed E-state index contributed by atoms with van der Waals surface area (Å²) in [5.41, 5.74) is 0. The van der Waals surface area contributed by atoms with Gasteiger partial charge in [0.1, 0.15) is 12.3 Å². The maximum Gasteiger partial charge on any atom is 0.326 e. The molecule has 0 bridgehead atoms. The minimum Gasteiger partial charge on any atom is -0.480 e. The minimum atomic E-state index is -0.998. The third kappa shape index (κ3) is 22.8. The number of nitrogens with one attached hydrogen (secondary N) is 2. The molecule has 0 aliphatic rings. The summed E-state index contributed by atoms with van der Waals surface area (Å²) in [7, 11) is 2.01. The zero-order valence-corrected chi connectivity index (χ0v) is 16.6. The van der Waals surface area contributed by atoms with Crippen molar-refractivity contribution in [2.45, 2.75) is 73.4 Å². The van der Waals surface area contributed by atoms with Crippen LogP contribution >= 0.6 is 0 Å². The largest absolute Gasteiger partial charge is 0.480 e. The van der Waals surface area contributed by atoms with Crippen LogP contribution in [-0.4, -0.2) is 42.9 Å². The molecule has 0 aromatic carbocycles. The van der Waals surface area contributed by atoms with Gasteiger partial charge in [-0.25, -0.2) is 4.79 Å². The van der Waals surface area contributed by atoms with Gasteiger partial charge in [-0.1, -0.05) is 41.5 Å². The quantitative estimate of drug-likeness (QED) is 0.558. The van der Waals surface area contributed by atoms with E-state index in [0.717, 1.165) is 12.2 Å². The highest BCUT2D eigenvalue weighted by Gasteiger charge is 2.19. The van der Waals surface area contributed by atoms with Crippen LogP contribution in [0.5, 0.6) is 0 Å². The number of aldehydes is 1. The molecule has 0 fully saturated rings. The van der Waals surface area contributed by atoms with Crippen molar-refractivity contribution in [1.82, 2.24) is 10.6 Å².